The first-order chi connectivity index (χ1) is 11.4. The summed E-state index contributed by atoms with van der Waals surface area (Å²) in [6.07, 6.45) is 2.37. The minimum Gasteiger partial charge on any atom is -0.396 e. The average Bonchev–Trinajstić information content (AvgIpc) is 2.58. The van der Waals surface area contributed by atoms with Crippen molar-refractivity contribution in [3.8, 4) is 0 Å². The van der Waals surface area contributed by atoms with Gasteiger partial charge in [-0.05, 0) is 41.7 Å². The average molecular weight is 326 g/mol. The van der Waals surface area contributed by atoms with E-state index in [9.17, 15) is 9.90 Å². The molecule has 1 amide bonds. The summed E-state index contributed by atoms with van der Waals surface area (Å²) in [5.41, 5.74) is 2.82. The summed E-state index contributed by atoms with van der Waals surface area (Å²) < 4.78 is 0. The number of hydrogen-bond donors (Lipinski definition) is 2. The first-order valence-corrected chi connectivity index (χ1v) is 8.29. The molecular weight excluding hydrogens is 300 g/mol. The molecule has 2 N–H and O–H groups in total. The zero-order valence-electron chi connectivity index (χ0n) is 14.6. The Kier molecular flexibility index (Phi) is 6.10. The summed E-state index contributed by atoms with van der Waals surface area (Å²) in [5, 5.41) is 12.4. The van der Waals surface area contributed by atoms with Gasteiger partial charge in [-0.2, -0.15) is 0 Å². The van der Waals surface area contributed by atoms with Crippen LogP contribution in [-0.2, 0) is 11.8 Å². The molecule has 0 saturated heterocycles. The number of carbonyl (C=O) groups excluding carboxylic acids is 1. The number of amides is 1. The van der Waals surface area contributed by atoms with Crippen LogP contribution in [0.5, 0.6) is 0 Å². The Hall–Kier alpha value is -2.20. The van der Waals surface area contributed by atoms with Gasteiger partial charge in [0, 0.05) is 36.5 Å². The van der Waals surface area contributed by atoms with E-state index >= 15 is 0 Å². The fourth-order valence-corrected chi connectivity index (χ4v) is 2.48. The Bertz CT molecular complexity index is 646. The molecule has 128 valence electrons. The molecule has 0 spiro atoms. The van der Waals surface area contributed by atoms with E-state index in [1.165, 1.54) is 5.56 Å². The summed E-state index contributed by atoms with van der Waals surface area (Å²) in [5.74, 6) is -0.160. The first kappa shape index (κ1) is 18.1. The molecule has 0 aliphatic carbocycles. The third-order valence-corrected chi connectivity index (χ3v) is 4.05. The minimum atomic E-state index is -0.116. The number of carbonyl (C=O) groups is 1. The second-order valence-corrected chi connectivity index (χ2v) is 7.11. The van der Waals surface area contributed by atoms with E-state index in [2.05, 4.69) is 31.1 Å². The summed E-state index contributed by atoms with van der Waals surface area (Å²) in [7, 11) is 0. The zero-order chi connectivity index (χ0) is 17.6. The maximum Gasteiger partial charge on any atom is 0.251 e. The van der Waals surface area contributed by atoms with E-state index in [0.29, 0.717) is 18.5 Å². The molecule has 4 nitrogen and oxygen atoms in total. The van der Waals surface area contributed by atoms with Crippen LogP contribution < -0.4 is 5.32 Å². The molecule has 0 saturated carbocycles. The topological polar surface area (TPSA) is 62.2 Å². The van der Waals surface area contributed by atoms with Crippen LogP contribution in [0, 0.1) is 5.92 Å². The third-order valence-electron chi connectivity index (χ3n) is 4.05. The summed E-state index contributed by atoms with van der Waals surface area (Å²) in [6.45, 7) is 6.87. The second-order valence-electron chi connectivity index (χ2n) is 7.11. The number of nitrogens with one attached hydrogen (secondary N) is 1. The van der Waals surface area contributed by atoms with Crippen LogP contribution in [0.1, 0.15) is 42.4 Å². The van der Waals surface area contributed by atoms with Crippen LogP contribution in [0.25, 0.3) is 0 Å². The van der Waals surface area contributed by atoms with Crippen molar-refractivity contribution in [1.82, 2.24) is 10.3 Å². The number of pyridine rings is 1. The van der Waals surface area contributed by atoms with Gasteiger partial charge >= 0.3 is 0 Å². The number of aliphatic hydroxyl groups excluding tert-OH is 1. The van der Waals surface area contributed by atoms with Crippen molar-refractivity contribution in [3.63, 3.8) is 0 Å². The molecule has 1 aromatic heterocycles. The third kappa shape index (κ3) is 5.17. The second kappa shape index (κ2) is 8.06. The Balaban J connectivity index is 1.91. The quantitative estimate of drug-likeness (QED) is 0.858. The number of benzene rings is 1. The van der Waals surface area contributed by atoms with E-state index in [4.69, 9.17) is 0 Å². The lowest BCUT2D eigenvalue weighted by Gasteiger charge is -2.19. The molecule has 0 aliphatic heterocycles. The molecular formula is C20H26N2O2. The van der Waals surface area contributed by atoms with Gasteiger partial charge in [0.05, 0.1) is 0 Å². The van der Waals surface area contributed by atoms with Crippen LogP contribution in [-0.4, -0.2) is 29.1 Å². The SMILES string of the molecule is CC(C)(C)c1ccc(C(=O)NCC(CO)Cc2ccccn2)cc1. The van der Waals surface area contributed by atoms with E-state index in [0.717, 1.165) is 5.69 Å². The van der Waals surface area contributed by atoms with Crippen LogP contribution >= 0.6 is 0 Å². The van der Waals surface area contributed by atoms with Crippen molar-refractivity contribution in [1.29, 1.82) is 0 Å². The van der Waals surface area contributed by atoms with Crippen molar-refractivity contribution in [2.75, 3.05) is 13.2 Å². The van der Waals surface area contributed by atoms with Gasteiger partial charge in [-0.25, -0.2) is 0 Å². The molecule has 1 atom stereocenters. The minimum absolute atomic E-state index is 0.0137. The highest BCUT2D eigenvalue weighted by atomic mass is 16.3. The lowest BCUT2D eigenvalue weighted by atomic mass is 9.86. The summed E-state index contributed by atoms with van der Waals surface area (Å²) in [4.78, 5) is 16.5. The van der Waals surface area contributed by atoms with Crippen molar-refractivity contribution in [3.05, 3.63) is 65.5 Å². The standard InChI is InChI=1S/C20H26N2O2/c1-20(2,3)17-9-7-16(8-10-17)19(24)22-13-15(14-23)12-18-6-4-5-11-21-18/h4-11,15,23H,12-14H2,1-3H3,(H,22,24). The highest BCUT2D eigenvalue weighted by molar-refractivity contribution is 5.94. The van der Waals surface area contributed by atoms with E-state index < -0.39 is 0 Å². The van der Waals surface area contributed by atoms with Gasteiger partial charge in [0.15, 0.2) is 0 Å². The Morgan fingerprint density at radius 2 is 1.88 bits per heavy atom. The lowest BCUT2D eigenvalue weighted by Crippen LogP contribution is -2.32. The molecule has 2 aromatic rings. The van der Waals surface area contributed by atoms with Crippen LogP contribution in [0.2, 0.25) is 0 Å². The largest absolute Gasteiger partial charge is 0.396 e. The van der Waals surface area contributed by atoms with E-state index in [1.54, 1.807) is 6.20 Å². The van der Waals surface area contributed by atoms with Crippen LogP contribution in [0.3, 0.4) is 0 Å². The van der Waals surface area contributed by atoms with Crippen molar-refractivity contribution >= 4 is 5.91 Å². The molecule has 1 unspecified atom stereocenters. The molecule has 24 heavy (non-hydrogen) atoms. The van der Waals surface area contributed by atoms with Crippen LogP contribution in [0.4, 0.5) is 0 Å². The molecule has 1 heterocycles. The number of nitrogens with zero attached hydrogens (tertiary/aromatic N) is 1. The molecule has 4 heteroatoms. The highest BCUT2D eigenvalue weighted by Gasteiger charge is 2.15. The van der Waals surface area contributed by atoms with Gasteiger partial charge in [-0.3, -0.25) is 9.78 Å². The van der Waals surface area contributed by atoms with Crippen LogP contribution in [0.15, 0.2) is 48.7 Å². The Labute approximate surface area is 143 Å². The molecule has 1 aromatic carbocycles. The monoisotopic (exact) mass is 326 g/mol. The van der Waals surface area contributed by atoms with Gasteiger partial charge in [-0.1, -0.05) is 39.0 Å². The predicted molar refractivity (Wildman–Crippen MR) is 96.0 cm³/mol. The fraction of sp³-hybridized carbons (Fsp3) is 0.400. The van der Waals surface area contributed by atoms with Gasteiger partial charge in [-0.15, -0.1) is 0 Å². The smallest absolute Gasteiger partial charge is 0.251 e. The molecule has 0 bridgehead atoms. The normalized spacial score (nSPS) is 12.7. The number of hydrogen-bond acceptors (Lipinski definition) is 3. The fourth-order valence-electron chi connectivity index (χ4n) is 2.48. The van der Waals surface area contributed by atoms with E-state index in [-0.39, 0.29) is 23.8 Å². The lowest BCUT2D eigenvalue weighted by molar-refractivity contribution is 0.0939. The van der Waals surface area contributed by atoms with E-state index in [1.807, 2.05) is 42.5 Å². The summed E-state index contributed by atoms with van der Waals surface area (Å²) >= 11 is 0. The number of aliphatic hydroxyl groups is 1. The Morgan fingerprint density at radius 3 is 2.42 bits per heavy atom. The molecule has 2 rings (SSSR count). The van der Waals surface area contributed by atoms with Crippen molar-refractivity contribution < 1.29 is 9.90 Å². The maximum absolute atomic E-state index is 12.3. The summed E-state index contributed by atoms with van der Waals surface area (Å²) in [6, 6.07) is 13.4. The first-order valence-electron chi connectivity index (χ1n) is 8.29. The van der Waals surface area contributed by atoms with Crippen molar-refractivity contribution in [2.24, 2.45) is 5.92 Å². The maximum atomic E-state index is 12.3. The number of aromatic nitrogens is 1. The van der Waals surface area contributed by atoms with Crippen molar-refractivity contribution in [2.45, 2.75) is 32.6 Å². The highest BCUT2D eigenvalue weighted by Crippen LogP contribution is 2.22. The number of rotatable bonds is 6. The van der Waals surface area contributed by atoms with Gasteiger partial charge in [0.25, 0.3) is 5.91 Å². The zero-order valence-corrected chi connectivity index (χ0v) is 14.6. The molecule has 0 radical (unpaired) electrons. The molecule has 0 fully saturated rings. The van der Waals surface area contributed by atoms with Gasteiger partial charge in [0.2, 0.25) is 0 Å². The van der Waals surface area contributed by atoms with Gasteiger partial charge < -0.3 is 10.4 Å². The predicted octanol–water partition coefficient (Wildman–Crippen LogP) is 2.96. The Morgan fingerprint density at radius 1 is 1.17 bits per heavy atom. The van der Waals surface area contributed by atoms with Gasteiger partial charge in [0.1, 0.15) is 0 Å². The molecule has 0 aliphatic rings.